The third-order valence-electron chi connectivity index (χ3n) is 9.21. The molecule has 2 aliphatic rings. The number of nitrogens with one attached hydrogen (secondary N) is 1. The number of ether oxygens (including phenoxy) is 2. The van der Waals surface area contributed by atoms with Gasteiger partial charge in [0.2, 0.25) is 11.8 Å². The second-order valence-electron chi connectivity index (χ2n) is 14.4. The second-order valence-corrected chi connectivity index (χ2v) is 16.0. The molecule has 1 amide bonds. The Labute approximate surface area is 294 Å². The molecule has 2 aromatic carbocycles. The van der Waals surface area contributed by atoms with E-state index in [-0.39, 0.29) is 58.9 Å². The molecule has 4 bridgehead atoms. The Morgan fingerprint density at radius 1 is 0.980 bits per heavy atom. The fraction of sp³-hybridized carbons (Fsp3) is 0.432. The number of rotatable bonds is 5. The van der Waals surface area contributed by atoms with Gasteiger partial charge in [0.15, 0.2) is 0 Å². The largest absolute Gasteiger partial charge is 0.475 e. The second kappa shape index (κ2) is 13.9. The zero-order chi connectivity index (χ0) is 35.8. The van der Waals surface area contributed by atoms with Crippen LogP contribution in [0.1, 0.15) is 68.2 Å². The van der Waals surface area contributed by atoms with Crippen molar-refractivity contribution in [3.63, 3.8) is 0 Å². The summed E-state index contributed by atoms with van der Waals surface area (Å²) in [5, 5.41) is 0. The fourth-order valence-corrected chi connectivity index (χ4v) is 7.58. The van der Waals surface area contributed by atoms with Gasteiger partial charge in [-0.25, -0.2) is 23.1 Å². The van der Waals surface area contributed by atoms with Crippen molar-refractivity contribution in [2.75, 3.05) is 29.4 Å². The third-order valence-corrected chi connectivity index (χ3v) is 10.5. The number of sulfonamides is 1. The van der Waals surface area contributed by atoms with Gasteiger partial charge in [-0.2, -0.15) is 4.98 Å². The van der Waals surface area contributed by atoms with E-state index in [4.69, 9.17) is 14.5 Å². The maximum Gasteiger partial charge on any atom is 0.264 e. The number of nitrogens with zero attached hydrogens (tertiary/aromatic N) is 6. The molecule has 12 nitrogen and oxygen atoms in total. The summed E-state index contributed by atoms with van der Waals surface area (Å²) in [6, 6.07) is 13.3. The van der Waals surface area contributed by atoms with E-state index < -0.39 is 16.1 Å². The molecule has 1 saturated heterocycles. The van der Waals surface area contributed by atoms with Crippen LogP contribution in [0.25, 0.3) is 11.3 Å². The van der Waals surface area contributed by atoms with Crippen molar-refractivity contribution in [1.29, 1.82) is 0 Å². The molecule has 0 spiro atoms. The molecule has 0 aliphatic carbocycles. The highest BCUT2D eigenvalue weighted by molar-refractivity contribution is 7.92. The molecule has 1 fully saturated rings. The highest BCUT2D eigenvalue weighted by Gasteiger charge is 2.33. The maximum absolute atomic E-state index is 14.6. The van der Waals surface area contributed by atoms with Crippen LogP contribution in [-0.4, -0.2) is 77.1 Å². The quantitative estimate of drug-likeness (QED) is 0.272. The van der Waals surface area contributed by atoms with E-state index in [0.29, 0.717) is 36.8 Å². The first kappa shape index (κ1) is 35.2. The van der Waals surface area contributed by atoms with E-state index in [9.17, 15) is 13.2 Å². The number of carbonyl (C=O) groups is 1. The van der Waals surface area contributed by atoms with Gasteiger partial charge in [-0.15, -0.1) is 0 Å². The van der Waals surface area contributed by atoms with Crippen molar-refractivity contribution in [3.8, 4) is 17.1 Å². The van der Waals surface area contributed by atoms with Crippen LogP contribution in [0, 0.1) is 19.3 Å². The average molecular weight is 700 g/mol. The minimum atomic E-state index is -4.19. The number of amides is 1. The zero-order valence-electron chi connectivity index (χ0n) is 29.7. The smallest absolute Gasteiger partial charge is 0.264 e. The first-order chi connectivity index (χ1) is 23.7. The highest BCUT2D eigenvalue weighted by Crippen LogP contribution is 2.32. The summed E-state index contributed by atoms with van der Waals surface area (Å²) < 4.78 is 42.2. The predicted octanol–water partition coefficient (Wildman–Crippen LogP) is 5.80. The van der Waals surface area contributed by atoms with Gasteiger partial charge < -0.3 is 19.3 Å². The average Bonchev–Trinajstić information content (AvgIpc) is 3.06. The topological polar surface area (TPSA) is 140 Å². The Morgan fingerprint density at radius 2 is 1.72 bits per heavy atom. The van der Waals surface area contributed by atoms with Crippen LogP contribution in [0.15, 0.2) is 65.8 Å². The van der Waals surface area contributed by atoms with E-state index in [1.807, 2.05) is 39.0 Å². The lowest BCUT2D eigenvalue weighted by Crippen LogP contribution is -2.49. The fourth-order valence-electron chi connectivity index (χ4n) is 6.59. The Hall–Kier alpha value is -4.62. The number of anilines is 2. The molecule has 50 heavy (non-hydrogen) atoms. The summed E-state index contributed by atoms with van der Waals surface area (Å²) >= 11 is 0. The Morgan fingerprint density at radius 3 is 2.46 bits per heavy atom. The number of carbonyl (C=O) groups excluding carboxylic acids is 1. The van der Waals surface area contributed by atoms with Crippen LogP contribution in [0.2, 0.25) is 0 Å². The van der Waals surface area contributed by atoms with Gasteiger partial charge in [-0.3, -0.25) is 9.78 Å². The van der Waals surface area contributed by atoms with Crippen molar-refractivity contribution in [2.24, 2.45) is 5.41 Å². The van der Waals surface area contributed by atoms with E-state index in [0.717, 1.165) is 16.7 Å². The Bertz CT molecular complexity index is 1980. The SMILES string of the molecule is Cc1cccc(C)c1-c1cc2nc(n1)NS(=O)(=O)c1cccc(c1)C(=O)N(Cc1cncc(N3CCO[C@@H](C)[C@H]3C)n1)[C@H](CC(C)(C)C)CO2. The van der Waals surface area contributed by atoms with Crippen molar-refractivity contribution < 1.29 is 22.7 Å². The standard InChI is InChI=1S/C37H45N7O5S/c1-23-10-8-11-24(2)34(23)31-17-33-41-36(40-31)42-50(46,47)30-13-9-12-27(16-30)35(45)44(29(22-49-33)18-37(5,6)7)21-28-19-38-20-32(39-28)43-14-15-48-26(4)25(43)3/h8-13,16-17,19-20,25-26,29H,14-15,18,21-22H2,1-7H3,(H,40,41,42)/t25-,26+,29-/m1/s1. The minimum Gasteiger partial charge on any atom is -0.475 e. The van der Waals surface area contributed by atoms with Crippen LogP contribution >= 0.6 is 0 Å². The number of benzene rings is 2. The summed E-state index contributed by atoms with van der Waals surface area (Å²) in [6.45, 7) is 15.9. The maximum atomic E-state index is 14.6. The van der Waals surface area contributed by atoms with Gasteiger partial charge >= 0.3 is 0 Å². The number of aromatic nitrogens is 4. The number of fused-ring (bicyclic) bond motifs is 4. The molecule has 13 heteroatoms. The summed E-state index contributed by atoms with van der Waals surface area (Å²) in [5.41, 5.74) is 3.93. The Balaban J connectivity index is 1.46. The lowest BCUT2D eigenvalue weighted by Gasteiger charge is -2.39. The number of morpholine rings is 1. The first-order valence-electron chi connectivity index (χ1n) is 16.9. The van der Waals surface area contributed by atoms with Crippen molar-refractivity contribution in [3.05, 3.63) is 83.3 Å². The predicted molar refractivity (Wildman–Crippen MR) is 192 cm³/mol. The van der Waals surface area contributed by atoms with E-state index in [1.165, 1.54) is 12.1 Å². The van der Waals surface area contributed by atoms with Crippen LogP contribution in [0.5, 0.6) is 5.88 Å². The molecular weight excluding hydrogens is 655 g/mol. The van der Waals surface area contributed by atoms with Crippen LogP contribution in [0.4, 0.5) is 11.8 Å². The van der Waals surface area contributed by atoms with Crippen molar-refractivity contribution >= 4 is 27.7 Å². The monoisotopic (exact) mass is 699 g/mol. The van der Waals surface area contributed by atoms with Crippen molar-refractivity contribution in [1.82, 2.24) is 24.8 Å². The normalized spacial score (nSPS) is 20.9. The van der Waals surface area contributed by atoms with Crippen LogP contribution in [-0.2, 0) is 21.3 Å². The van der Waals surface area contributed by atoms with Crippen LogP contribution < -0.4 is 14.4 Å². The zero-order valence-corrected chi connectivity index (χ0v) is 30.5. The molecule has 0 radical (unpaired) electrons. The van der Waals surface area contributed by atoms with Crippen molar-refractivity contribution in [2.45, 2.75) is 84.5 Å². The molecule has 0 saturated carbocycles. The molecule has 4 heterocycles. The summed E-state index contributed by atoms with van der Waals surface area (Å²) in [4.78, 5) is 37.0. The van der Waals surface area contributed by atoms with Crippen LogP contribution in [0.3, 0.4) is 0 Å². The molecule has 4 aromatic rings. The molecular formula is C37H45N7O5S. The van der Waals surface area contributed by atoms with Gasteiger partial charge in [0.1, 0.15) is 12.4 Å². The highest BCUT2D eigenvalue weighted by atomic mass is 32.2. The molecule has 0 unspecified atom stereocenters. The third kappa shape index (κ3) is 7.73. The Kier molecular flexibility index (Phi) is 9.82. The van der Waals surface area contributed by atoms with Gasteiger partial charge in [-0.05, 0) is 68.9 Å². The molecule has 1 N–H and O–H groups in total. The molecule has 2 aliphatic heterocycles. The van der Waals surface area contributed by atoms with Gasteiger partial charge in [0.25, 0.3) is 15.9 Å². The van der Waals surface area contributed by atoms with Gasteiger partial charge in [0.05, 0.1) is 60.0 Å². The summed E-state index contributed by atoms with van der Waals surface area (Å²) in [6.07, 6.45) is 4.00. The number of aryl methyl sites for hydroxylation is 2. The summed E-state index contributed by atoms with van der Waals surface area (Å²) in [5.74, 6) is 0.413. The molecule has 264 valence electrons. The van der Waals surface area contributed by atoms with Gasteiger partial charge in [0, 0.05) is 23.7 Å². The van der Waals surface area contributed by atoms with Gasteiger partial charge in [-0.1, -0.05) is 45.0 Å². The lowest BCUT2D eigenvalue weighted by atomic mass is 9.87. The molecule has 2 aromatic heterocycles. The molecule has 6 rings (SSSR count). The van der Waals surface area contributed by atoms with E-state index in [2.05, 4.69) is 52.3 Å². The minimum absolute atomic E-state index is 0.0267. The van der Waals surface area contributed by atoms with E-state index in [1.54, 1.807) is 35.5 Å². The van der Waals surface area contributed by atoms with E-state index >= 15 is 0 Å². The number of hydrogen-bond donors (Lipinski definition) is 1. The molecule has 3 atom stereocenters. The summed E-state index contributed by atoms with van der Waals surface area (Å²) in [7, 11) is -4.19. The number of hydrogen-bond acceptors (Lipinski definition) is 10. The first-order valence-corrected chi connectivity index (χ1v) is 18.4. The lowest BCUT2D eigenvalue weighted by molar-refractivity contribution is 0.0280.